The molecule has 0 aliphatic carbocycles. The molecule has 0 aliphatic rings. The van der Waals surface area contributed by atoms with Gasteiger partial charge in [0.2, 0.25) is 0 Å². The topological polar surface area (TPSA) is 44.3 Å². The predicted octanol–water partition coefficient (Wildman–Crippen LogP) is 6.20. The van der Waals surface area contributed by atoms with Crippen molar-refractivity contribution in [3.8, 4) is 0 Å². The minimum absolute atomic E-state index is 0.195. The predicted molar refractivity (Wildman–Crippen MR) is 122 cm³/mol. The standard InChI is InChI=1S/C24H52N2O/c1-3-4-5-6-7-8-9-10-11-12-13-14-15-16-17-18-19-20-21-26-22-24(23-27)25-2/h24-27H,3-23H2,1-2H3/t24-/m0/s1. The zero-order chi connectivity index (χ0) is 19.8. The second kappa shape index (κ2) is 23.9. The van der Waals surface area contributed by atoms with Crippen molar-refractivity contribution in [3.05, 3.63) is 0 Å². The van der Waals surface area contributed by atoms with Crippen LogP contribution in [-0.4, -0.2) is 37.9 Å². The van der Waals surface area contributed by atoms with E-state index >= 15 is 0 Å². The third-order valence-electron chi connectivity index (χ3n) is 5.73. The number of unbranched alkanes of at least 4 members (excludes halogenated alkanes) is 17. The summed E-state index contributed by atoms with van der Waals surface area (Å²) in [6, 6.07) is 0.195. The number of nitrogens with one attached hydrogen (secondary N) is 2. The van der Waals surface area contributed by atoms with Gasteiger partial charge in [0, 0.05) is 12.6 Å². The molecule has 164 valence electrons. The Balaban J connectivity index is 3.03. The largest absolute Gasteiger partial charge is 0.395 e. The van der Waals surface area contributed by atoms with E-state index in [9.17, 15) is 0 Å². The molecular formula is C24H52N2O. The summed E-state index contributed by atoms with van der Waals surface area (Å²) in [7, 11) is 1.90. The van der Waals surface area contributed by atoms with Crippen LogP contribution >= 0.6 is 0 Å². The van der Waals surface area contributed by atoms with Gasteiger partial charge < -0.3 is 15.7 Å². The van der Waals surface area contributed by atoms with Gasteiger partial charge in [-0.1, -0.05) is 116 Å². The minimum atomic E-state index is 0.195. The van der Waals surface area contributed by atoms with E-state index in [2.05, 4.69) is 17.6 Å². The molecule has 3 heteroatoms. The van der Waals surface area contributed by atoms with Gasteiger partial charge in [0.25, 0.3) is 0 Å². The molecule has 0 heterocycles. The maximum absolute atomic E-state index is 9.08. The zero-order valence-electron chi connectivity index (χ0n) is 18.9. The second-order valence-electron chi connectivity index (χ2n) is 8.38. The lowest BCUT2D eigenvalue weighted by atomic mass is 10.0. The third-order valence-corrected chi connectivity index (χ3v) is 5.73. The molecule has 0 aromatic carbocycles. The average molecular weight is 385 g/mol. The molecule has 3 nitrogen and oxygen atoms in total. The van der Waals surface area contributed by atoms with Gasteiger partial charge in [-0.05, 0) is 20.0 Å². The molecular weight excluding hydrogens is 332 g/mol. The smallest absolute Gasteiger partial charge is 0.0596 e. The zero-order valence-corrected chi connectivity index (χ0v) is 18.9. The van der Waals surface area contributed by atoms with Gasteiger partial charge in [0.15, 0.2) is 0 Å². The van der Waals surface area contributed by atoms with Gasteiger partial charge in [-0.15, -0.1) is 0 Å². The molecule has 0 amide bonds. The molecule has 27 heavy (non-hydrogen) atoms. The number of aliphatic hydroxyl groups is 1. The van der Waals surface area contributed by atoms with Gasteiger partial charge in [-0.2, -0.15) is 0 Å². The number of hydrogen-bond donors (Lipinski definition) is 3. The summed E-state index contributed by atoms with van der Waals surface area (Å²) in [5.74, 6) is 0. The van der Waals surface area contributed by atoms with E-state index in [0.29, 0.717) is 0 Å². The van der Waals surface area contributed by atoms with E-state index in [1.54, 1.807) is 0 Å². The molecule has 0 rings (SSSR count). The number of aliphatic hydroxyl groups excluding tert-OH is 1. The van der Waals surface area contributed by atoms with Crippen LogP contribution in [0.25, 0.3) is 0 Å². The van der Waals surface area contributed by atoms with Crippen LogP contribution in [0.15, 0.2) is 0 Å². The summed E-state index contributed by atoms with van der Waals surface area (Å²) in [5, 5.41) is 15.6. The van der Waals surface area contributed by atoms with Crippen molar-refractivity contribution in [3.63, 3.8) is 0 Å². The Bertz CT molecular complexity index is 257. The fraction of sp³-hybridized carbons (Fsp3) is 1.00. The molecule has 0 aromatic rings. The Morgan fingerprint density at radius 2 is 0.963 bits per heavy atom. The summed E-state index contributed by atoms with van der Waals surface area (Å²) in [6.07, 6.45) is 25.7. The second-order valence-corrected chi connectivity index (χ2v) is 8.38. The molecule has 0 bridgehead atoms. The first-order valence-corrected chi connectivity index (χ1v) is 12.3. The van der Waals surface area contributed by atoms with Crippen LogP contribution in [0.1, 0.15) is 122 Å². The van der Waals surface area contributed by atoms with E-state index in [0.717, 1.165) is 13.1 Å². The van der Waals surface area contributed by atoms with Gasteiger partial charge in [0.1, 0.15) is 0 Å². The van der Waals surface area contributed by atoms with E-state index in [4.69, 9.17) is 5.11 Å². The summed E-state index contributed by atoms with van der Waals surface area (Å²) < 4.78 is 0. The van der Waals surface area contributed by atoms with Crippen molar-refractivity contribution >= 4 is 0 Å². The molecule has 0 unspecified atom stereocenters. The van der Waals surface area contributed by atoms with Gasteiger partial charge >= 0.3 is 0 Å². The fourth-order valence-electron chi connectivity index (χ4n) is 3.69. The van der Waals surface area contributed by atoms with Crippen molar-refractivity contribution < 1.29 is 5.11 Å². The van der Waals surface area contributed by atoms with Crippen LogP contribution in [0.2, 0.25) is 0 Å². The highest BCUT2D eigenvalue weighted by molar-refractivity contribution is 4.65. The number of likely N-dealkylation sites (N-methyl/N-ethyl adjacent to an activating group) is 1. The summed E-state index contributed by atoms with van der Waals surface area (Å²) >= 11 is 0. The molecule has 0 aliphatic heterocycles. The molecule has 0 saturated carbocycles. The van der Waals surface area contributed by atoms with E-state index in [1.165, 1.54) is 116 Å². The molecule has 0 radical (unpaired) electrons. The quantitative estimate of drug-likeness (QED) is 0.184. The average Bonchev–Trinajstić information content (AvgIpc) is 2.69. The van der Waals surface area contributed by atoms with Crippen LogP contribution in [0, 0.1) is 0 Å². The van der Waals surface area contributed by atoms with Crippen LogP contribution in [-0.2, 0) is 0 Å². The van der Waals surface area contributed by atoms with Crippen molar-refractivity contribution in [1.29, 1.82) is 0 Å². The maximum Gasteiger partial charge on any atom is 0.0596 e. The first kappa shape index (κ1) is 26.9. The Morgan fingerprint density at radius 1 is 0.593 bits per heavy atom. The van der Waals surface area contributed by atoms with E-state index in [1.807, 2.05) is 7.05 Å². The molecule has 1 atom stereocenters. The highest BCUT2D eigenvalue weighted by Gasteiger charge is 2.01. The van der Waals surface area contributed by atoms with Crippen LogP contribution < -0.4 is 10.6 Å². The molecule has 0 spiro atoms. The normalized spacial score (nSPS) is 12.6. The van der Waals surface area contributed by atoms with Crippen LogP contribution in [0.5, 0.6) is 0 Å². The highest BCUT2D eigenvalue weighted by Crippen LogP contribution is 2.14. The molecule has 0 saturated heterocycles. The first-order chi connectivity index (χ1) is 13.3. The van der Waals surface area contributed by atoms with Crippen molar-refractivity contribution in [1.82, 2.24) is 10.6 Å². The number of rotatable bonds is 23. The SMILES string of the molecule is CCCCCCCCCCCCCCCCCCCCNC[C@@H](CO)NC. The molecule has 0 fully saturated rings. The number of hydrogen-bond acceptors (Lipinski definition) is 3. The fourth-order valence-corrected chi connectivity index (χ4v) is 3.69. The van der Waals surface area contributed by atoms with Gasteiger partial charge in [-0.25, -0.2) is 0 Å². The monoisotopic (exact) mass is 384 g/mol. The Labute approximate surface area is 171 Å². The Hall–Kier alpha value is -0.120. The highest BCUT2D eigenvalue weighted by atomic mass is 16.3. The van der Waals surface area contributed by atoms with Gasteiger partial charge in [-0.3, -0.25) is 0 Å². The van der Waals surface area contributed by atoms with Crippen molar-refractivity contribution in [2.45, 2.75) is 129 Å². The lowest BCUT2D eigenvalue weighted by Crippen LogP contribution is -2.39. The van der Waals surface area contributed by atoms with E-state index in [-0.39, 0.29) is 12.6 Å². The summed E-state index contributed by atoms with van der Waals surface area (Å²) in [4.78, 5) is 0. The van der Waals surface area contributed by atoms with Crippen molar-refractivity contribution in [2.75, 3.05) is 26.7 Å². The van der Waals surface area contributed by atoms with E-state index < -0.39 is 0 Å². The summed E-state index contributed by atoms with van der Waals surface area (Å²) in [5.41, 5.74) is 0. The Morgan fingerprint density at radius 3 is 1.30 bits per heavy atom. The Kier molecular flexibility index (Phi) is 23.8. The molecule has 0 aromatic heterocycles. The van der Waals surface area contributed by atoms with Crippen molar-refractivity contribution in [2.24, 2.45) is 0 Å². The summed E-state index contributed by atoms with van der Waals surface area (Å²) in [6.45, 7) is 4.45. The third kappa shape index (κ3) is 22.0. The van der Waals surface area contributed by atoms with Crippen LogP contribution in [0.3, 0.4) is 0 Å². The maximum atomic E-state index is 9.08. The lowest BCUT2D eigenvalue weighted by Gasteiger charge is -2.13. The van der Waals surface area contributed by atoms with Gasteiger partial charge in [0.05, 0.1) is 6.61 Å². The van der Waals surface area contributed by atoms with Crippen LogP contribution in [0.4, 0.5) is 0 Å². The lowest BCUT2D eigenvalue weighted by molar-refractivity contribution is 0.245. The minimum Gasteiger partial charge on any atom is -0.395 e. The molecule has 3 N–H and O–H groups in total. The first-order valence-electron chi connectivity index (χ1n) is 12.3.